The smallest absolute Gasteiger partial charge is 0.325 e. The number of nitrogens with one attached hydrogen (secondary N) is 1. The normalized spacial score (nSPS) is 25.4. The molecule has 3 heterocycles. The van der Waals surface area contributed by atoms with E-state index in [1.807, 2.05) is 4.90 Å². The van der Waals surface area contributed by atoms with E-state index in [4.69, 9.17) is 0 Å². The van der Waals surface area contributed by atoms with Crippen LogP contribution in [0.2, 0.25) is 0 Å². The number of β-amino-alcohol motifs (C(OH)–C–C–N with tert-alkyl or cyclic N) is 1. The van der Waals surface area contributed by atoms with Crippen molar-refractivity contribution in [1.82, 2.24) is 29.8 Å². The number of imide groups is 1. The third-order valence-electron chi connectivity index (χ3n) is 5.99. The predicted molar refractivity (Wildman–Crippen MR) is 107 cm³/mol. The quantitative estimate of drug-likeness (QED) is 0.492. The molecule has 10 nitrogen and oxygen atoms in total. The maximum Gasteiger partial charge on any atom is 0.325 e. The highest BCUT2D eigenvalue weighted by Gasteiger charge is 2.44. The number of hydrogen-bond donors (Lipinski definition) is 2. The van der Waals surface area contributed by atoms with Crippen LogP contribution >= 0.6 is 0 Å². The summed E-state index contributed by atoms with van der Waals surface area (Å²) in [6, 6.07) is -0.453. The van der Waals surface area contributed by atoms with Gasteiger partial charge in [0, 0.05) is 58.9 Å². The highest BCUT2D eigenvalue weighted by molar-refractivity contribution is 6.06. The van der Waals surface area contributed by atoms with E-state index in [1.54, 1.807) is 13.8 Å². The number of urea groups is 1. The number of nitrogens with zero attached hydrogens (tertiary/aromatic N) is 5. The number of rotatable bonds is 6. The van der Waals surface area contributed by atoms with E-state index in [9.17, 15) is 19.5 Å². The number of aliphatic hydroxyl groups is 1. The van der Waals surface area contributed by atoms with Crippen molar-refractivity contribution in [1.29, 1.82) is 0 Å². The molecule has 0 spiro atoms. The first-order valence-electron chi connectivity index (χ1n) is 10.4. The first-order chi connectivity index (χ1) is 13.7. The summed E-state index contributed by atoms with van der Waals surface area (Å²) in [5, 5.41) is 13.0. The van der Waals surface area contributed by atoms with Gasteiger partial charge in [-0.15, -0.1) is 0 Å². The second-order valence-corrected chi connectivity index (χ2v) is 8.89. The van der Waals surface area contributed by atoms with Gasteiger partial charge in [-0.05, 0) is 20.9 Å². The number of likely N-dealkylation sites (N-methyl/N-ethyl adjacent to an activating group) is 1. The van der Waals surface area contributed by atoms with E-state index in [2.05, 4.69) is 27.1 Å². The molecule has 3 aliphatic rings. The van der Waals surface area contributed by atoms with E-state index in [0.717, 1.165) is 57.3 Å². The van der Waals surface area contributed by atoms with Crippen LogP contribution in [0, 0.1) is 0 Å². The van der Waals surface area contributed by atoms with Gasteiger partial charge in [-0.1, -0.05) is 0 Å². The summed E-state index contributed by atoms with van der Waals surface area (Å²) in [7, 11) is 2.07. The second kappa shape index (κ2) is 8.95. The molecule has 3 aliphatic heterocycles. The van der Waals surface area contributed by atoms with Crippen LogP contribution in [-0.2, 0) is 9.59 Å². The molecule has 0 saturated carbocycles. The maximum absolute atomic E-state index is 12.5. The Balaban J connectivity index is 1.38. The fourth-order valence-electron chi connectivity index (χ4n) is 4.03. The predicted octanol–water partition coefficient (Wildman–Crippen LogP) is -1.93. The summed E-state index contributed by atoms with van der Waals surface area (Å²) in [6.45, 7) is 10.6. The molecule has 0 aromatic rings. The van der Waals surface area contributed by atoms with Crippen LogP contribution in [0.25, 0.3) is 0 Å². The zero-order chi connectivity index (χ0) is 21.2. The van der Waals surface area contributed by atoms with Gasteiger partial charge in [0.05, 0.1) is 19.2 Å². The van der Waals surface area contributed by atoms with Gasteiger partial charge in [0.15, 0.2) is 0 Å². The van der Waals surface area contributed by atoms with Crippen LogP contribution in [0.3, 0.4) is 0 Å². The molecule has 3 rings (SSSR count). The van der Waals surface area contributed by atoms with Gasteiger partial charge in [0.25, 0.3) is 5.91 Å². The van der Waals surface area contributed by atoms with Crippen LogP contribution in [0.5, 0.6) is 0 Å². The van der Waals surface area contributed by atoms with Gasteiger partial charge in [0.1, 0.15) is 5.54 Å². The highest BCUT2D eigenvalue weighted by Crippen LogP contribution is 2.17. The van der Waals surface area contributed by atoms with E-state index >= 15 is 0 Å². The molecule has 2 N–H and O–H groups in total. The van der Waals surface area contributed by atoms with Crippen LogP contribution in [0.15, 0.2) is 0 Å². The minimum Gasteiger partial charge on any atom is -0.390 e. The Labute approximate surface area is 172 Å². The number of carbonyl (C=O) groups is 3. The molecule has 0 radical (unpaired) electrons. The summed E-state index contributed by atoms with van der Waals surface area (Å²) in [5.74, 6) is -0.124. The first-order valence-corrected chi connectivity index (χ1v) is 10.4. The van der Waals surface area contributed by atoms with Gasteiger partial charge in [-0.2, -0.15) is 0 Å². The van der Waals surface area contributed by atoms with Crippen molar-refractivity contribution in [2.45, 2.75) is 25.5 Å². The molecule has 10 heteroatoms. The topological polar surface area (TPSA) is 99.7 Å². The minimum atomic E-state index is -0.918. The molecule has 3 fully saturated rings. The van der Waals surface area contributed by atoms with E-state index in [1.165, 1.54) is 0 Å². The lowest BCUT2D eigenvalue weighted by Crippen LogP contribution is -2.54. The van der Waals surface area contributed by atoms with Crippen LogP contribution in [0.4, 0.5) is 4.79 Å². The molecule has 0 unspecified atom stereocenters. The van der Waals surface area contributed by atoms with Crippen molar-refractivity contribution < 1.29 is 19.5 Å². The van der Waals surface area contributed by atoms with Gasteiger partial charge in [0.2, 0.25) is 5.91 Å². The Hall–Kier alpha value is -1.75. The van der Waals surface area contributed by atoms with Gasteiger partial charge in [-0.3, -0.25) is 24.3 Å². The Morgan fingerprint density at radius 2 is 1.59 bits per heavy atom. The average Bonchev–Trinajstić information content (AvgIpc) is 2.85. The number of hydrogen-bond acceptors (Lipinski definition) is 7. The molecule has 164 valence electrons. The van der Waals surface area contributed by atoms with Crippen molar-refractivity contribution in [3.63, 3.8) is 0 Å². The summed E-state index contributed by atoms with van der Waals surface area (Å²) < 4.78 is 0. The van der Waals surface area contributed by atoms with Gasteiger partial charge < -0.3 is 20.2 Å². The summed E-state index contributed by atoms with van der Waals surface area (Å²) >= 11 is 0. The monoisotopic (exact) mass is 410 g/mol. The highest BCUT2D eigenvalue weighted by atomic mass is 16.3. The zero-order valence-electron chi connectivity index (χ0n) is 17.8. The van der Waals surface area contributed by atoms with Gasteiger partial charge >= 0.3 is 6.03 Å². The average molecular weight is 411 g/mol. The number of piperazine rings is 2. The van der Waals surface area contributed by atoms with Crippen molar-refractivity contribution >= 4 is 17.8 Å². The summed E-state index contributed by atoms with van der Waals surface area (Å²) in [6.07, 6.45) is -0.794. The van der Waals surface area contributed by atoms with Gasteiger partial charge in [-0.25, -0.2) is 4.79 Å². The van der Waals surface area contributed by atoms with E-state index < -0.39 is 17.7 Å². The lowest BCUT2D eigenvalue weighted by Gasteiger charge is -2.37. The lowest BCUT2D eigenvalue weighted by molar-refractivity contribution is -0.134. The second-order valence-electron chi connectivity index (χ2n) is 8.89. The van der Waals surface area contributed by atoms with E-state index in [0.29, 0.717) is 13.1 Å². The molecule has 0 aromatic heterocycles. The van der Waals surface area contributed by atoms with Crippen molar-refractivity contribution in [3.05, 3.63) is 0 Å². The standard InChI is InChI=1S/C19H34N6O4/c1-19(2)17(28)25(18(29)20-19)13-15(26)12-22-6-8-23(9-7-22)14-16(27)24-10-4-21(3)5-11-24/h15,26H,4-14H2,1-3H3,(H,20,29)/t15-/m0/s1. The first kappa shape index (κ1) is 21.9. The van der Waals surface area contributed by atoms with Crippen molar-refractivity contribution in [2.75, 3.05) is 79.0 Å². The summed E-state index contributed by atoms with van der Waals surface area (Å²) in [4.78, 5) is 46.2. The molecule has 0 aliphatic carbocycles. The lowest BCUT2D eigenvalue weighted by atomic mass is 10.1. The van der Waals surface area contributed by atoms with E-state index in [-0.39, 0.29) is 18.4 Å². The molecule has 0 aromatic carbocycles. The fourth-order valence-corrected chi connectivity index (χ4v) is 4.03. The number of aliphatic hydroxyl groups excluding tert-OH is 1. The Bertz CT molecular complexity index is 626. The Morgan fingerprint density at radius 1 is 1.00 bits per heavy atom. The molecular weight excluding hydrogens is 376 g/mol. The molecule has 0 bridgehead atoms. The number of carbonyl (C=O) groups excluding carboxylic acids is 3. The minimum absolute atomic E-state index is 0.00377. The van der Waals surface area contributed by atoms with Crippen LogP contribution in [-0.4, -0.2) is 138 Å². The fraction of sp³-hybridized carbons (Fsp3) is 0.842. The maximum atomic E-state index is 12.5. The largest absolute Gasteiger partial charge is 0.390 e. The van der Waals surface area contributed by atoms with Crippen molar-refractivity contribution in [2.24, 2.45) is 0 Å². The third-order valence-corrected chi connectivity index (χ3v) is 5.99. The Morgan fingerprint density at radius 3 is 2.14 bits per heavy atom. The summed E-state index contributed by atoms with van der Waals surface area (Å²) in [5.41, 5.74) is -0.918. The zero-order valence-corrected chi connectivity index (χ0v) is 17.8. The molecule has 1 atom stereocenters. The van der Waals surface area contributed by atoms with Crippen LogP contribution < -0.4 is 5.32 Å². The molecule has 3 saturated heterocycles. The molecule has 4 amide bonds. The van der Waals surface area contributed by atoms with Crippen LogP contribution in [0.1, 0.15) is 13.8 Å². The van der Waals surface area contributed by atoms with Crippen molar-refractivity contribution in [3.8, 4) is 0 Å². The molecule has 29 heavy (non-hydrogen) atoms. The number of amides is 4. The molecular formula is C19H34N6O4. The third kappa shape index (κ3) is 5.44. The Kier molecular flexibility index (Phi) is 6.77. The SMILES string of the molecule is CN1CCN(C(=O)CN2CCN(C[C@H](O)CN3C(=O)NC(C)(C)C3=O)CC2)CC1.